The fraction of sp³-hybridized carbons (Fsp3) is 0.533. The molecule has 1 aliphatic rings. The van der Waals surface area contributed by atoms with E-state index in [-0.39, 0.29) is 5.91 Å². The lowest BCUT2D eigenvalue weighted by Crippen LogP contribution is -2.33. The van der Waals surface area contributed by atoms with Crippen LogP contribution in [-0.2, 0) is 11.3 Å². The van der Waals surface area contributed by atoms with E-state index in [9.17, 15) is 4.79 Å². The van der Waals surface area contributed by atoms with Crippen LogP contribution >= 0.6 is 0 Å². The largest absolute Gasteiger partial charge is 0.341 e. The topological polar surface area (TPSA) is 32.3 Å². The summed E-state index contributed by atoms with van der Waals surface area (Å²) in [6, 6.07) is 8.72. The standard InChI is InChI=1S/C15H22N2O/c1-12-5-3-6-13(9-12)11-17(2)15(18)10-14-7-4-8-16-14/h3,5-6,9,14,16H,4,7-8,10-11H2,1-2H3. The van der Waals surface area contributed by atoms with E-state index < -0.39 is 0 Å². The van der Waals surface area contributed by atoms with Crippen molar-refractivity contribution in [3.8, 4) is 0 Å². The summed E-state index contributed by atoms with van der Waals surface area (Å²) in [5.74, 6) is 0.232. The van der Waals surface area contributed by atoms with Crippen molar-refractivity contribution in [2.75, 3.05) is 13.6 Å². The molecule has 0 saturated carbocycles. The van der Waals surface area contributed by atoms with Crippen LogP contribution in [0.5, 0.6) is 0 Å². The zero-order valence-electron chi connectivity index (χ0n) is 11.3. The molecular weight excluding hydrogens is 224 g/mol. The Balaban J connectivity index is 1.86. The maximum atomic E-state index is 12.1. The summed E-state index contributed by atoms with van der Waals surface area (Å²) in [6.45, 7) is 3.83. The molecule has 1 fully saturated rings. The van der Waals surface area contributed by atoms with Gasteiger partial charge in [0.25, 0.3) is 0 Å². The molecule has 98 valence electrons. The molecule has 0 aromatic heterocycles. The first-order valence-electron chi connectivity index (χ1n) is 6.68. The summed E-state index contributed by atoms with van der Waals surface area (Å²) in [5.41, 5.74) is 2.44. The predicted octanol–water partition coefficient (Wildman–Crippen LogP) is 2.10. The number of aryl methyl sites for hydroxylation is 1. The molecule has 1 aliphatic heterocycles. The molecule has 0 radical (unpaired) electrons. The maximum absolute atomic E-state index is 12.1. The van der Waals surface area contributed by atoms with Crippen LogP contribution in [-0.4, -0.2) is 30.4 Å². The predicted molar refractivity (Wildman–Crippen MR) is 73.3 cm³/mol. The highest BCUT2D eigenvalue weighted by Gasteiger charge is 2.19. The van der Waals surface area contributed by atoms with Crippen molar-refractivity contribution < 1.29 is 4.79 Å². The van der Waals surface area contributed by atoms with E-state index >= 15 is 0 Å². The molecule has 1 unspecified atom stereocenters. The van der Waals surface area contributed by atoms with Gasteiger partial charge in [0.15, 0.2) is 0 Å². The highest BCUT2D eigenvalue weighted by Crippen LogP contribution is 2.12. The van der Waals surface area contributed by atoms with Gasteiger partial charge in [-0.05, 0) is 31.9 Å². The Labute approximate surface area is 109 Å². The second kappa shape index (κ2) is 6.01. The third-order valence-corrected chi connectivity index (χ3v) is 3.51. The molecule has 1 aromatic rings. The maximum Gasteiger partial charge on any atom is 0.224 e. The van der Waals surface area contributed by atoms with Gasteiger partial charge in [0.05, 0.1) is 0 Å². The number of hydrogen-bond acceptors (Lipinski definition) is 2. The summed E-state index contributed by atoms with van der Waals surface area (Å²) < 4.78 is 0. The minimum absolute atomic E-state index is 0.232. The highest BCUT2D eigenvalue weighted by molar-refractivity contribution is 5.76. The van der Waals surface area contributed by atoms with Gasteiger partial charge in [-0.25, -0.2) is 0 Å². The van der Waals surface area contributed by atoms with Gasteiger partial charge in [0.2, 0.25) is 5.91 Å². The molecule has 0 aliphatic carbocycles. The first kappa shape index (κ1) is 13.1. The van der Waals surface area contributed by atoms with Gasteiger partial charge in [-0.1, -0.05) is 29.8 Å². The molecule has 0 bridgehead atoms. The van der Waals surface area contributed by atoms with Crippen molar-refractivity contribution in [1.82, 2.24) is 10.2 Å². The molecule has 3 heteroatoms. The Kier molecular flexibility index (Phi) is 4.37. The highest BCUT2D eigenvalue weighted by atomic mass is 16.2. The number of benzene rings is 1. The van der Waals surface area contributed by atoms with Crippen LogP contribution in [0.2, 0.25) is 0 Å². The molecule has 1 saturated heterocycles. The van der Waals surface area contributed by atoms with Crippen LogP contribution in [0.1, 0.15) is 30.4 Å². The lowest BCUT2D eigenvalue weighted by Gasteiger charge is -2.19. The van der Waals surface area contributed by atoms with Crippen molar-refractivity contribution >= 4 is 5.91 Å². The van der Waals surface area contributed by atoms with Gasteiger partial charge in [0, 0.05) is 26.1 Å². The number of hydrogen-bond donors (Lipinski definition) is 1. The molecule has 2 rings (SSSR count). The second-order valence-corrected chi connectivity index (χ2v) is 5.24. The third-order valence-electron chi connectivity index (χ3n) is 3.51. The summed E-state index contributed by atoms with van der Waals surface area (Å²) in [7, 11) is 1.89. The van der Waals surface area contributed by atoms with Crippen LogP contribution in [0.3, 0.4) is 0 Å². The fourth-order valence-electron chi connectivity index (χ4n) is 2.47. The average molecular weight is 246 g/mol. The van der Waals surface area contributed by atoms with Gasteiger partial charge in [-0.3, -0.25) is 4.79 Å². The van der Waals surface area contributed by atoms with Crippen LogP contribution < -0.4 is 5.32 Å². The molecule has 1 amide bonds. The molecule has 3 nitrogen and oxygen atoms in total. The van der Waals surface area contributed by atoms with Crippen molar-refractivity contribution in [2.45, 2.75) is 38.8 Å². The monoisotopic (exact) mass is 246 g/mol. The molecule has 1 aromatic carbocycles. The van der Waals surface area contributed by atoms with Crippen LogP contribution in [0.25, 0.3) is 0 Å². The van der Waals surface area contributed by atoms with E-state index in [1.807, 2.05) is 18.0 Å². The minimum Gasteiger partial charge on any atom is -0.341 e. The van der Waals surface area contributed by atoms with Gasteiger partial charge in [-0.2, -0.15) is 0 Å². The first-order chi connectivity index (χ1) is 8.65. The number of amides is 1. The van der Waals surface area contributed by atoms with E-state index in [1.165, 1.54) is 17.5 Å². The van der Waals surface area contributed by atoms with Gasteiger partial charge in [0.1, 0.15) is 0 Å². The smallest absolute Gasteiger partial charge is 0.224 e. The molecule has 1 heterocycles. The Morgan fingerprint density at radius 3 is 3.00 bits per heavy atom. The van der Waals surface area contributed by atoms with E-state index in [0.717, 1.165) is 13.0 Å². The second-order valence-electron chi connectivity index (χ2n) is 5.24. The summed E-state index contributed by atoms with van der Waals surface area (Å²) in [4.78, 5) is 13.9. The lowest BCUT2D eigenvalue weighted by atomic mass is 10.1. The Morgan fingerprint density at radius 1 is 1.50 bits per heavy atom. The van der Waals surface area contributed by atoms with E-state index in [2.05, 4.69) is 30.4 Å². The van der Waals surface area contributed by atoms with E-state index in [0.29, 0.717) is 19.0 Å². The number of carbonyl (C=O) groups is 1. The van der Waals surface area contributed by atoms with Crippen LogP contribution in [0.15, 0.2) is 24.3 Å². The summed E-state index contributed by atoms with van der Waals surface area (Å²) >= 11 is 0. The molecule has 18 heavy (non-hydrogen) atoms. The summed E-state index contributed by atoms with van der Waals surface area (Å²) in [6.07, 6.45) is 2.95. The van der Waals surface area contributed by atoms with E-state index in [1.54, 1.807) is 0 Å². The van der Waals surface area contributed by atoms with Gasteiger partial charge < -0.3 is 10.2 Å². The van der Waals surface area contributed by atoms with Crippen molar-refractivity contribution in [3.63, 3.8) is 0 Å². The minimum atomic E-state index is 0.232. The zero-order valence-corrected chi connectivity index (χ0v) is 11.3. The third kappa shape index (κ3) is 3.57. The molecule has 1 atom stereocenters. The Morgan fingerprint density at radius 2 is 2.33 bits per heavy atom. The van der Waals surface area contributed by atoms with Crippen molar-refractivity contribution in [1.29, 1.82) is 0 Å². The van der Waals surface area contributed by atoms with Gasteiger partial charge >= 0.3 is 0 Å². The zero-order chi connectivity index (χ0) is 13.0. The number of rotatable bonds is 4. The molecule has 1 N–H and O–H groups in total. The normalized spacial score (nSPS) is 18.9. The number of carbonyl (C=O) groups excluding carboxylic acids is 1. The van der Waals surface area contributed by atoms with Crippen LogP contribution in [0, 0.1) is 6.92 Å². The van der Waals surface area contributed by atoms with Gasteiger partial charge in [-0.15, -0.1) is 0 Å². The number of nitrogens with zero attached hydrogens (tertiary/aromatic N) is 1. The van der Waals surface area contributed by atoms with Crippen LogP contribution in [0.4, 0.5) is 0 Å². The Bertz CT molecular complexity index is 411. The fourth-order valence-corrected chi connectivity index (χ4v) is 2.47. The van der Waals surface area contributed by atoms with Crippen molar-refractivity contribution in [2.24, 2.45) is 0 Å². The first-order valence-corrected chi connectivity index (χ1v) is 6.68. The van der Waals surface area contributed by atoms with E-state index in [4.69, 9.17) is 0 Å². The average Bonchev–Trinajstić information content (AvgIpc) is 2.81. The number of nitrogens with one attached hydrogen (secondary N) is 1. The molecule has 0 spiro atoms. The Hall–Kier alpha value is -1.35. The molecular formula is C15H22N2O. The quantitative estimate of drug-likeness (QED) is 0.882. The van der Waals surface area contributed by atoms with Crippen molar-refractivity contribution in [3.05, 3.63) is 35.4 Å². The SMILES string of the molecule is Cc1cccc(CN(C)C(=O)CC2CCCN2)c1. The lowest BCUT2D eigenvalue weighted by molar-refractivity contribution is -0.130. The summed E-state index contributed by atoms with van der Waals surface area (Å²) in [5, 5.41) is 3.37.